The highest BCUT2D eigenvalue weighted by atomic mass is 19.1. The zero-order chi connectivity index (χ0) is 21.8. The summed E-state index contributed by atoms with van der Waals surface area (Å²) in [6, 6.07) is 20.9. The van der Waals surface area contributed by atoms with Crippen LogP contribution < -0.4 is 10.6 Å². The minimum atomic E-state index is -0.294. The van der Waals surface area contributed by atoms with Gasteiger partial charge in [-0.3, -0.25) is 4.79 Å². The first-order valence-corrected chi connectivity index (χ1v) is 9.81. The van der Waals surface area contributed by atoms with E-state index in [-0.39, 0.29) is 11.7 Å². The Kier molecular flexibility index (Phi) is 5.71. The summed E-state index contributed by atoms with van der Waals surface area (Å²) in [5, 5.41) is 6.12. The second-order valence-electron chi connectivity index (χ2n) is 7.25. The van der Waals surface area contributed by atoms with Gasteiger partial charge in [0.1, 0.15) is 18.0 Å². The lowest BCUT2D eigenvalue weighted by molar-refractivity contribution is 0.102. The first kappa shape index (κ1) is 20.2. The number of benzene rings is 3. The predicted molar refractivity (Wildman–Crippen MR) is 121 cm³/mol. The normalized spacial score (nSPS) is 10.5. The molecule has 0 saturated heterocycles. The number of nitrogens with zero attached hydrogens (tertiary/aromatic N) is 2. The van der Waals surface area contributed by atoms with E-state index in [0.29, 0.717) is 17.1 Å². The topological polar surface area (TPSA) is 66.9 Å². The Bertz CT molecular complexity index is 1220. The van der Waals surface area contributed by atoms with Crippen LogP contribution >= 0.6 is 0 Å². The van der Waals surface area contributed by atoms with Crippen molar-refractivity contribution in [3.63, 3.8) is 0 Å². The Balaban J connectivity index is 1.45. The van der Waals surface area contributed by atoms with E-state index in [1.165, 1.54) is 24.0 Å². The summed E-state index contributed by atoms with van der Waals surface area (Å²) >= 11 is 0. The van der Waals surface area contributed by atoms with Gasteiger partial charge < -0.3 is 10.6 Å². The van der Waals surface area contributed by atoms with Gasteiger partial charge in [-0.1, -0.05) is 6.07 Å². The Morgan fingerprint density at radius 2 is 1.52 bits per heavy atom. The Labute approximate surface area is 180 Å². The van der Waals surface area contributed by atoms with Crippen molar-refractivity contribution < 1.29 is 9.18 Å². The van der Waals surface area contributed by atoms with Gasteiger partial charge in [0.25, 0.3) is 5.91 Å². The van der Waals surface area contributed by atoms with Crippen molar-refractivity contribution in [2.24, 2.45) is 0 Å². The van der Waals surface area contributed by atoms with Gasteiger partial charge in [0.05, 0.1) is 5.69 Å². The molecule has 0 unspecified atom stereocenters. The molecule has 0 aliphatic heterocycles. The summed E-state index contributed by atoms with van der Waals surface area (Å²) in [6.07, 6.45) is 1.45. The molecule has 0 saturated carbocycles. The molecular weight excluding hydrogens is 391 g/mol. The number of anilines is 3. The Morgan fingerprint density at radius 3 is 2.23 bits per heavy atom. The van der Waals surface area contributed by atoms with Crippen LogP contribution in [-0.4, -0.2) is 15.9 Å². The third-order valence-electron chi connectivity index (χ3n) is 4.99. The van der Waals surface area contributed by atoms with Crippen LogP contribution in [0.2, 0.25) is 0 Å². The first-order chi connectivity index (χ1) is 15.0. The Morgan fingerprint density at radius 1 is 0.806 bits per heavy atom. The summed E-state index contributed by atoms with van der Waals surface area (Å²) in [6.45, 7) is 4.05. The number of amides is 1. The van der Waals surface area contributed by atoms with Crippen molar-refractivity contribution in [2.75, 3.05) is 10.6 Å². The van der Waals surface area contributed by atoms with Crippen LogP contribution in [0, 0.1) is 19.7 Å². The molecule has 1 amide bonds. The fraction of sp³-hybridized carbons (Fsp3) is 0.0800. The molecule has 0 spiro atoms. The summed E-state index contributed by atoms with van der Waals surface area (Å²) in [7, 11) is 0. The largest absolute Gasteiger partial charge is 0.340 e. The molecule has 31 heavy (non-hydrogen) atoms. The molecule has 5 nitrogen and oxygen atoms in total. The maximum Gasteiger partial charge on any atom is 0.255 e. The first-order valence-electron chi connectivity index (χ1n) is 9.81. The summed E-state index contributed by atoms with van der Waals surface area (Å²) < 4.78 is 13.1. The molecule has 0 fully saturated rings. The minimum absolute atomic E-state index is 0.171. The van der Waals surface area contributed by atoms with E-state index >= 15 is 0 Å². The van der Waals surface area contributed by atoms with Crippen LogP contribution in [0.25, 0.3) is 11.3 Å². The van der Waals surface area contributed by atoms with Crippen molar-refractivity contribution in [1.82, 2.24) is 9.97 Å². The van der Waals surface area contributed by atoms with Crippen molar-refractivity contribution in [3.05, 3.63) is 102 Å². The van der Waals surface area contributed by atoms with Crippen molar-refractivity contribution >= 4 is 23.1 Å². The number of halogens is 1. The molecule has 3 aromatic carbocycles. The highest BCUT2D eigenvalue weighted by Gasteiger charge is 2.08. The van der Waals surface area contributed by atoms with Crippen LogP contribution in [0.4, 0.5) is 21.6 Å². The lowest BCUT2D eigenvalue weighted by Gasteiger charge is -2.10. The summed E-state index contributed by atoms with van der Waals surface area (Å²) in [5.41, 5.74) is 5.89. The molecule has 0 atom stereocenters. The highest BCUT2D eigenvalue weighted by molar-refractivity contribution is 6.04. The number of rotatable bonds is 5. The van der Waals surface area contributed by atoms with Crippen LogP contribution in [0.15, 0.2) is 79.1 Å². The van der Waals surface area contributed by atoms with E-state index in [1.807, 2.05) is 44.2 Å². The van der Waals surface area contributed by atoms with Gasteiger partial charge in [-0.15, -0.1) is 0 Å². The second kappa shape index (κ2) is 8.75. The number of carbonyl (C=O) groups is 1. The molecule has 154 valence electrons. The smallest absolute Gasteiger partial charge is 0.255 e. The second-order valence-corrected chi connectivity index (χ2v) is 7.25. The number of aryl methyl sites for hydroxylation is 2. The molecule has 0 radical (unpaired) electrons. The van der Waals surface area contributed by atoms with Crippen LogP contribution in [0.3, 0.4) is 0 Å². The van der Waals surface area contributed by atoms with Gasteiger partial charge in [0.2, 0.25) is 0 Å². The molecule has 1 aromatic heterocycles. The van der Waals surface area contributed by atoms with E-state index in [9.17, 15) is 9.18 Å². The number of hydrogen-bond donors (Lipinski definition) is 2. The third-order valence-corrected chi connectivity index (χ3v) is 4.99. The number of nitrogens with one attached hydrogen (secondary N) is 2. The number of carbonyl (C=O) groups excluding carboxylic acids is 1. The molecule has 2 N–H and O–H groups in total. The fourth-order valence-electron chi connectivity index (χ4n) is 3.08. The molecule has 6 heteroatoms. The predicted octanol–water partition coefficient (Wildman–Crippen LogP) is 5.90. The van der Waals surface area contributed by atoms with E-state index in [4.69, 9.17) is 0 Å². The van der Waals surface area contributed by atoms with Gasteiger partial charge >= 0.3 is 0 Å². The Hall–Kier alpha value is -4.06. The van der Waals surface area contributed by atoms with Gasteiger partial charge in [-0.2, -0.15) is 0 Å². The molecule has 4 aromatic rings. The lowest BCUT2D eigenvalue weighted by Crippen LogP contribution is -2.12. The molecule has 1 heterocycles. The molecular formula is C25H21FN4O. The average Bonchev–Trinajstić information content (AvgIpc) is 2.77. The van der Waals surface area contributed by atoms with Crippen LogP contribution in [0.1, 0.15) is 21.5 Å². The SMILES string of the molecule is Cc1ccc(NC(=O)c2ccc(Nc3cc(-c4ccc(F)cc4)ncn3)cc2)cc1C. The zero-order valence-electron chi connectivity index (χ0n) is 17.2. The van der Waals surface area contributed by atoms with E-state index in [1.54, 1.807) is 30.3 Å². The van der Waals surface area contributed by atoms with Crippen molar-refractivity contribution in [2.45, 2.75) is 13.8 Å². The van der Waals surface area contributed by atoms with Crippen LogP contribution in [0.5, 0.6) is 0 Å². The molecule has 0 aliphatic rings. The monoisotopic (exact) mass is 412 g/mol. The fourth-order valence-corrected chi connectivity index (χ4v) is 3.08. The quantitative estimate of drug-likeness (QED) is 0.429. The third kappa shape index (κ3) is 4.93. The lowest BCUT2D eigenvalue weighted by atomic mass is 10.1. The molecule has 0 aliphatic carbocycles. The van der Waals surface area contributed by atoms with Gasteiger partial charge in [-0.05, 0) is 85.6 Å². The maximum absolute atomic E-state index is 13.1. The van der Waals surface area contributed by atoms with Gasteiger partial charge in [0.15, 0.2) is 0 Å². The van der Waals surface area contributed by atoms with Gasteiger partial charge in [0, 0.05) is 28.6 Å². The highest BCUT2D eigenvalue weighted by Crippen LogP contribution is 2.22. The number of aromatic nitrogens is 2. The van der Waals surface area contributed by atoms with E-state index in [0.717, 1.165) is 22.5 Å². The minimum Gasteiger partial charge on any atom is -0.340 e. The summed E-state index contributed by atoms with van der Waals surface area (Å²) in [4.78, 5) is 21.0. The molecule has 4 rings (SSSR count). The molecule has 0 bridgehead atoms. The average molecular weight is 412 g/mol. The van der Waals surface area contributed by atoms with Crippen LogP contribution in [-0.2, 0) is 0 Å². The summed E-state index contributed by atoms with van der Waals surface area (Å²) in [5.74, 6) is 0.134. The van der Waals surface area contributed by atoms with Crippen molar-refractivity contribution in [1.29, 1.82) is 0 Å². The zero-order valence-corrected chi connectivity index (χ0v) is 17.2. The number of hydrogen-bond acceptors (Lipinski definition) is 4. The maximum atomic E-state index is 13.1. The van der Waals surface area contributed by atoms with E-state index < -0.39 is 0 Å². The standard InChI is InChI=1S/C25H21FN4O/c1-16-3-10-22(13-17(16)2)30-25(31)19-6-11-21(12-7-19)29-24-14-23(27-15-28-24)18-4-8-20(26)9-5-18/h3-15H,1-2H3,(H,30,31)(H,27,28,29). The van der Waals surface area contributed by atoms with Crippen molar-refractivity contribution in [3.8, 4) is 11.3 Å². The van der Waals surface area contributed by atoms with E-state index in [2.05, 4.69) is 20.6 Å². The van der Waals surface area contributed by atoms with Gasteiger partial charge in [-0.25, -0.2) is 14.4 Å².